The molecule has 0 aliphatic heterocycles. The van der Waals surface area contributed by atoms with Crippen molar-refractivity contribution in [1.29, 1.82) is 0 Å². The largest absolute Gasteiger partial charge is 0.481 e. The van der Waals surface area contributed by atoms with Gasteiger partial charge in [-0.05, 0) is 37.8 Å². The van der Waals surface area contributed by atoms with E-state index in [4.69, 9.17) is 5.11 Å². The lowest BCUT2D eigenvalue weighted by Gasteiger charge is -2.28. The Kier molecular flexibility index (Phi) is 4.24. The van der Waals surface area contributed by atoms with Gasteiger partial charge in [-0.1, -0.05) is 6.92 Å². The zero-order valence-corrected chi connectivity index (χ0v) is 11.1. The molecule has 1 aromatic rings. The van der Waals surface area contributed by atoms with Gasteiger partial charge in [-0.2, -0.15) is 0 Å². The molecule has 2 rings (SSSR count). The van der Waals surface area contributed by atoms with E-state index in [9.17, 15) is 9.59 Å². The molecule has 1 fully saturated rings. The summed E-state index contributed by atoms with van der Waals surface area (Å²) in [5.74, 6) is -1.56. The lowest BCUT2D eigenvalue weighted by atomic mass is 9.93. The predicted molar refractivity (Wildman–Crippen MR) is 71.1 cm³/mol. The van der Waals surface area contributed by atoms with Gasteiger partial charge in [0.25, 0.3) is 5.91 Å². The van der Waals surface area contributed by atoms with Crippen molar-refractivity contribution >= 4 is 11.9 Å². The van der Waals surface area contributed by atoms with Gasteiger partial charge in [-0.3, -0.25) is 9.59 Å². The first-order valence-corrected chi connectivity index (χ1v) is 6.81. The molecule has 1 aromatic heterocycles. The number of hydrogen-bond donors (Lipinski definition) is 2. The molecule has 1 unspecified atom stereocenters. The van der Waals surface area contributed by atoms with E-state index in [0.717, 1.165) is 12.8 Å². The minimum Gasteiger partial charge on any atom is -0.481 e. The van der Waals surface area contributed by atoms with E-state index in [1.54, 1.807) is 6.07 Å². The van der Waals surface area contributed by atoms with E-state index in [2.05, 4.69) is 5.32 Å². The maximum Gasteiger partial charge on any atom is 0.308 e. The van der Waals surface area contributed by atoms with Crippen LogP contribution in [0.15, 0.2) is 18.3 Å². The maximum atomic E-state index is 12.1. The highest BCUT2D eigenvalue weighted by Crippen LogP contribution is 2.32. The van der Waals surface area contributed by atoms with Crippen LogP contribution in [-0.2, 0) is 4.79 Å². The summed E-state index contributed by atoms with van der Waals surface area (Å²) in [7, 11) is 0. The van der Waals surface area contributed by atoms with Crippen molar-refractivity contribution in [3.63, 3.8) is 0 Å². The summed E-state index contributed by atoms with van der Waals surface area (Å²) < 4.78 is 2.00. The quantitative estimate of drug-likeness (QED) is 0.826. The van der Waals surface area contributed by atoms with Crippen molar-refractivity contribution in [2.75, 3.05) is 6.54 Å². The molecule has 0 radical (unpaired) electrons. The highest BCUT2D eigenvalue weighted by molar-refractivity contribution is 5.93. The van der Waals surface area contributed by atoms with Gasteiger partial charge in [0.1, 0.15) is 5.69 Å². The highest BCUT2D eigenvalue weighted by Gasteiger charge is 2.24. The third-order valence-corrected chi connectivity index (χ3v) is 3.83. The summed E-state index contributed by atoms with van der Waals surface area (Å²) in [5.41, 5.74) is 0.630. The first-order valence-electron chi connectivity index (χ1n) is 6.81. The predicted octanol–water partition coefficient (Wildman–Crippen LogP) is 2.05. The minimum atomic E-state index is -0.864. The number of carbonyl (C=O) groups is 2. The minimum absolute atomic E-state index is 0.181. The molecule has 104 valence electrons. The number of aromatic nitrogens is 1. The molecule has 1 amide bonds. The zero-order chi connectivity index (χ0) is 13.8. The second-order valence-electron chi connectivity index (χ2n) is 5.04. The molecule has 1 atom stereocenters. The number of rotatable bonds is 6. The molecule has 1 aliphatic rings. The highest BCUT2D eigenvalue weighted by atomic mass is 16.4. The van der Waals surface area contributed by atoms with Crippen molar-refractivity contribution in [3.8, 4) is 0 Å². The van der Waals surface area contributed by atoms with Crippen molar-refractivity contribution in [3.05, 3.63) is 24.0 Å². The topological polar surface area (TPSA) is 71.3 Å². The normalized spacial score (nSPS) is 16.7. The van der Waals surface area contributed by atoms with Crippen LogP contribution in [0.4, 0.5) is 0 Å². The molecule has 5 heteroatoms. The summed E-state index contributed by atoms with van der Waals surface area (Å²) in [6.07, 6.45) is 5.87. The number of nitrogens with zero attached hydrogens (tertiary/aromatic N) is 1. The van der Waals surface area contributed by atoms with Gasteiger partial charge in [0.05, 0.1) is 5.92 Å². The average molecular weight is 264 g/mol. The van der Waals surface area contributed by atoms with Crippen LogP contribution in [-0.4, -0.2) is 28.1 Å². The molecule has 1 heterocycles. The molecular formula is C14H20N2O3. The van der Waals surface area contributed by atoms with E-state index in [1.165, 1.54) is 6.42 Å². The Morgan fingerprint density at radius 1 is 1.53 bits per heavy atom. The SMILES string of the molecule is CCC(CNC(=O)c1cccn1C1CCC1)C(=O)O. The Morgan fingerprint density at radius 2 is 2.26 bits per heavy atom. The van der Waals surface area contributed by atoms with Crippen LogP contribution in [0.1, 0.15) is 49.1 Å². The summed E-state index contributed by atoms with van der Waals surface area (Å²) >= 11 is 0. The molecule has 2 N–H and O–H groups in total. The summed E-state index contributed by atoms with van der Waals surface area (Å²) in [6, 6.07) is 4.08. The Balaban J connectivity index is 1.96. The second-order valence-corrected chi connectivity index (χ2v) is 5.04. The van der Waals surface area contributed by atoms with Gasteiger partial charge in [0.2, 0.25) is 0 Å². The summed E-state index contributed by atoms with van der Waals surface area (Å²) in [4.78, 5) is 23.0. The Labute approximate surface area is 112 Å². The molecule has 0 spiro atoms. The fourth-order valence-electron chi connectivity index (χ4n) is 2.28. The molecule has 0 saturated heterocycles. The van der Waals surface area contributed by atoms with Crippen molar-refractivity contribution in [2.24, 2.45) is 5.92 Å². The van der Waals surface area contributed by atoms with Crippen LogP contribution < -0.4 is 5.32 Å². The van der Waals surface area contributed by atoms with Crippen LogP contribution in [0.25, 0.3) is 0 Å². The molecule has 19 heavy (non-hydrogen) atoms. The lowest BCUT2D eigenvalue weighted by Crippen LogP contribution is -2.34. The van der Waals surface area contributed by atoms with Crippen molar-refractivity contribution < 1.29 is 14.7 Å². The van der Waals surface area contributed by atoms with Crippen molar-refractivity contribution in [1.82, 2.24) is 9.88 Å². The summed E-state index contributed by atoms with van der Waals surface area (Å²) in [6.45, 7) is 1.99. The van der Waals surface area contributed by atoms with Crippen LogP contribution in [0.5, 0.6) is 0 Å². The standard InChI is InChI=1S/C14H20N2O3/c1-2-10(14(18)19)9-15-13(17)12-7-4-8-16(12)11-5-3-6-11/h4,7-8,10-11H,2-3,5-6,9H2,1H3,(H,15,17)(H,18,19). The zero-order valence-electron chi connectivity index (χ0n) is 11.1. The average Bonchev–Trinajstić information content (AvgIpc) is 2.75. The number of aliphatic carboxylic acids is 1. The van der Waals surface area contributed by atoms with Crippen LogP contribution in [0.2, 0.25) is 0 Å². The van der Waals surface area contributed by atoms with Gasteiger partial charge < -0.3 is 15.0 Å². The van der Waals surface area contributed by atoms with Crippen LogP contribution >= 0.6 is 0 Å². The number of carboxylic acids is 1. The second kappa shape index (κ2) is 5.91. The van der Waals surface area contributed by atoms with E-state index in [0.29, 0.717) is 18.2 Å². The van der Waals surface area contributed by atoms with Gasteiger partial charge in [-0.15, -0.1) is 0 Å². The third kappa shape index (κ3) is 2.97. The van der Waals surface area contributed by atoms with Gasteiger partial charge >= 0.3 is 5.97 Å². The lowest BCUT2D eigenvalue weighted by molar-refractivity contribution is -0.141. The van der Waals surface area contributed by atoms with Crippen molar-refractivity contribution in [2.45, 2.75) is 38.6 Å². The number of carbonyl (C=O) groups excluding carboxylic acids is 1. The number of nitrogens with one attached hydrogen (secondary N) is 1. The van der Waals surface area contributed by atoms with Crippen LogP contribution in [0, 0.1) is 5.92 Å². The first-order chi connectivity index (χ1) is 9.13. The molecule has 0 bridgehead atoms. The van der Waals surface area contributed by atoms with E-state index >= 15 is 0 Å². The fourth-order valence-corrected chi connectivity index (χ4v) is 2.28. The monoisotopic (exact) mass is 264 g/mol. The maximum absolute atomic E-state index is 12.1. The smallest absolute Gasteiger partial charge is 0.308 e. The van der Waals surface area contributed by atoms with Gasteiger partial charge in [0.15, 0.2) is 0 Å². The summed E-state index contributed by atoms with van der Waals surface area (Å²) in [5, 5.41) is 11.7. The Bertz CT molecular complexity index is 463. The van der Waals surface area contributed by atoms with Gasteiger partial charge in [0, 0.05) is 18.8 Å². The molecule has 1 aliphatic carbocycles. The number of carboxylic acid groups (broad SMARTS) is 1. The molecular weight excluding hydrogens is 244 g/mol. The van der Waals surface area contributed by atoms with E-state index in [-0.39, 0.29) is 12.5 Å². The Hall–Kier alpha value is -1.78. The molecule has 5 nitrogen and oxygen atoms in total. The van der Waals surface area contributed by atoms with E-state index < -0.39 is 11.9 Å². The molecule has 0 aromatic carbocycles. The van der Waals surface area contributed by atoms with E-state index in [1.807, 2.05) is 23.8 Å². The molecule has 1 saturated carbocycles. The van der Waals surface area contributed by atoms with Crippen LogP contribution in [0.3, 0.4) is 0 Å². The number of amides is 1. The number of hydrogen-bond acceptors (Lipinski definition) is 2. The fraction of sp³-hybridized carbons (Fsp3) is 0.571. The van der Waals surface area contributed by atoms with Gasteiger partial charge in [-0.25, -0.2) is 0 Å². The third-order valence-electron chi connectivity index (χ3n) is 3.83. The first kappa shape index (κ1) is 13.6. The Morgan fingerprint density at radius 3 is 2.79 bits per heavy atom.